The van der Waals surface area contributed by atoms with Gasteiger partial charge in [0.05, 0.1) is 25.5 Å². The van der Waals surface area contributed by atoms with Gasteiger partial charge in [0, 0.05) is 5.56 Å². The van der Waals surface area contributed by atoms with Gasteiger partial charge in [-0.1, -0.05) is 44.2 Å². The Morgan fingerprint density at radius 1 is 0.897 bits per heavy atom. The van der Waals surface area contributed by atoms with Crippen molar-refractivity contribution in [2.75, 3.05) is 19.8 Å². The van der Waals surface area contributed by atoms with Gasteiger partial charge in [0.25, 0.3) is 5.91 Å². The second-order valence-electron chi connectivity index (χ2n) is 6.56. The third-order valence-electron chi connectivity index (χ3n) is 4.07. The SMILES string of the molecule is CCOc1cc(C(=O)N/N=C(/c2ccccc2)C(C)C)cc(OCC)c1OCC. The molecule has 1 amide bonds. The highest BCUT2D eigenvalue weighted by Crippen LogP contribution is 2.39. The van der Waals surface area contributed by atoms with Crippen molar-refractivity contribution >= 4 is 11.6 Å². The fourth-order valence-electron chi connectivity index (χ4n) is 2.83. The minimum atomic E-state index is -0.343. The van der Waals surface area contributed by atoms with Gasteiger partial charge in [0.1, 0.15) is 0 Å². The van der Waals surface area contributed by atoms with E-state index >= 15 is 0 Å². The summed E-state index contributed by atoms with van der Waals surface area (Å²) in [6, 6.07) is 13.1. The third-order valence-corrected chi connectivity index (χ3v) is 4.07. The van der Waals surface area contributed by atoms with E-state index in [-0.39, 0.29) is 11.8 Å². The molecule has 0 aliphatic rings. The van der Waals surface area contributed by atoms with E-state index in [0.717, 1.165) is 11.3 Å². The van der Waals surface area contributed by atoms with Crippen molar-refractivity contribution < 1.29 is 19.0 Å². The largest absolute Gasteiger partial charge is 0.490 e. The number of benzene rings is 2. The van der Waals surface area contributed by atoms with E-state index in [4.69, 9.17) is 14.2 Å². The highest BCUT2D eigenvalue weighted by Gasteiger charge is 2.18. The summed E-state index contributed by atoms with van der Waals surface area (Å²) in [4.78, 5) is 12.8. The monoisotopic (exact) mass is 398 g/mol. The molecule has 0 aromatic heterocycles. The van der Waals surface area contributed by atoms with Crippen molar-refractivity contribution in [3.05, 3.63) is 53.6 Å². The van der Waals surface area contributed by atoms with Crippen LogP contribution in [0.15, 0.2) is 47.6 Å². The van der Waals surface area contributed by atoms with E-state index in [0.29, 0.717) is 42.6 Å². The lowest BCUT2D eigenvalue weighted by atomic mass is 10.0. The molecule has 0 heterocycles. The van der Waals surface area contributed by atoms with Crippen LogP contribution in [0.4, 0.5) is 0 Å². The van der Waals surface area contributed by atoms with Crippen LogP contribution in [-0.4, -0.2) is 31.4 Å². The number of nitrogens with one attached hydrogen (secondary N) is 1. The summed E-state index contributed by atoms with van der Waals surface area (Å²) >= 11 is 0. The summed E-state index contributed by atoms with van der Waals surface area (Å²) in [6.45, 7) is 11.1. The van der Waals surface area contributed by atoms with Gasteiger partial charge >= 0.3 is 0 Å². The highest BCUT2D eigenvalue weighted by atomic mass is 16.5. The molecule has 1 N–H and O–H groups in total. The van der Waals surface area contributed by atoms with Crippen molar-refractivity contribution in [1.82, 2.24) is 5.43 Å². The second-order valence-corrected chi connectivity index (χ2v) is 6.56. The molecule has 0 bridgehead atoms. The van der Waals surface area contributed by atoms with Crippen molar-refractivity contribution in [1.29, 1.82) is 0 Å². The molecule has 0 aliphatic heterocycles. The molecule has 0 radical (unpaired) electrons. The van der Waals surface area contributed by atoms with Gasteiger partial charge < -0.3 is 14.2 Å². The van der Waals surface area contributed by atoms with E-state index in [1.165, 1.54) is 0 Å². The molecule has 6 nitrogen and oxygen atoms in total. The zero-order valence-corrected chi connectivity index (χ0v) is 17.8. The van der Waals surface area contributed by atoms with Crippen LogP contribution in [0.5, 0.6) is 17.2 Å². The van der Waals surface area contributed by atoms with E-state index in [9.17, 15) is 4.79 Å². The van der Waals surface area contributed by atoms with Crippen molar-refractivity contribution in [2.45, 2.75) is 34.6 Å². The van der Waals surface area contributed by atoms with E-state index in [1.807, 2.05) is 65.0 Å². The molecule has 0 atom stereocenters. The summed E-state index contributed by atoms with van der Waals surface area (Å²) in [7, 11) is 0. The molecule has 0 aliphatic carbocycles. The van der Waals surface area contributed by atoms with Crippen LogP contribution < -0.4 is 19.6 Å². The maximum atomic E-state index is 12.8. The molecule has 156 valence electrons. The fraction of sp³-hybridized carbons (Fsp3) is 0.391. The smallest absolute Gasteiger partial charge is 0.271 e. The number of amides is 1. The number of nitrogens with zero attached hydrogens (tertiary/aromatic N) is 1. The lowest BCUT2D eigenvalue weighted by Gasteiger charge is -2.17. The predicted molar refractivity (Wildman–Crippen MR) is 115 cm³/mol. The van der Waals surface area contributed by atoms with Crippen LogP contribution in [0.25, 0.3) is 0 Å². The molecule has 2 aromatic rings. The van der Waals surface area contributed by atoms with Gasteiger partial charge in [0.2, 0.25) is 5.75 Å². The average molecular weight is 399 g/mol. The second kappa shape index (κ2) is 11.1. The molecule has 29 heavy (non-hydrogen) atoms. The van der Waals surface area contributed by atoms with E-state index in [2.05, 4.69) is 10.5 Å². The molecular weight excluding hydrogens is 368 g/mol. The molecule has 2 aromatic carbocycles. The van der Waals surface area contributed by atoms with Crippen LogP contribution in [0, 0.1) is 5.92 Å². The van der Waals surface area contributed by atoms with Crippen LogP contribution in [0.1, 0.15) is 50.5 Å². The van der Waals surface area contributed by atoms with Gasteiger partial charge in [-0.2, -0.15) is 5.10 Å². The Bertz CT molecular complexity index is 805. The lowest BCUT2D eigenvalue weighted by Crippen LogP contribution is -2.22. The van der Waals surface area contributed by atoms with Crippen LogP contribution >= 0.6 is 0 Å². The van der Waals surface area contributed by atoms with Crippen LogP contribution in [-0.2, 0) is 0 Å². The lowest BCUT2D eigenvalue weighted by molar-refractivity contribution is 0.0953. The molecule has 0 saturated heterocycles. The fourth-order valence-corrected chi connectivity index (χ4v) is 2.83. The van der Waals surface area contributed by atoms with E-state index in [1.54, 1.807) is 12.1 Å². The minimum absolute atomic E-state index is 0.149. The number of hydrazone groups is 1. The molecule has 2 rings (SSSR count). The van der Waals surface area contributed by atoms with Gasteiger partial charge in [-0.15, -0.1) is 0 Å². The Kier molecular flexibility index (Phi) is 8.52. The molecule has 6 heteroatoms. The Morgan fingerprint density at radius 2 is 1.45 bits per heavy atom. The summed E-state index contributed by atoms with van der Waals surface area (Å²) in [5.41, 5.74) is 4.83. The summed E-state index contributed by atoms with van der Waals surface area (Å²) in [5, 5.41) is 4.38. The van der Waals surface area contributed by atoms with E-state index < -0.39 is 0 Å². The number of hydrogen-bond donors (Lipinski definition) is 1. The average Bonchev–Trinajstić information content (AvgIpc) is 2.71. The van der Waals surface area contributed by atoms with Gasteiger partial charge in [-0.3, -0.25) is 4.79 Å². The highest BCUT2D eigenvalue weighted by molar-refractivity contribution is 6.03. The van der Waals surface area contributed by atoms with Crippen LogP contribution in [0.2, 0.25) is 0 Å². The Balaban J connectivity index is 2.35. The summed E-state index contributed by atoms with van der Waals surface area (Å²) in [5.74, 6) is 1.26. The number of carbonyl (C=O) groups is 1. The Labute approximate surface area is 172 Å². The molecular formula is C23H30N2O4. The third kappa shape index (κ3) is 5.98. The first-order valence-electron chi connectivity index (χ1n) is 10.0. The molecule has 0 spiro atoms. The first kappa shape index (κ1) is 22.3. The standard InChI is InChI=1S/C23H30N2O4/c1-6-27-19-14-18(15-20(28-7-2)22(19)29-8-3)23(26)25-24-21(16(4)5)17-12-10-9-11-13-17/h9-16H,6-8H2,1-5H3,(H,25,26)/b24-21+. The summed E-state index contributed by atoms with van der Waals surface area (Å²) in [6.07, 6.45) is 0. The number of hydrogen-bond acceptors (Lipinski definition) is 5. The van der Waals surface area contributed by atoms with Gasteiger partial charge in [-0.05, 0) is 44.4 Å². The van der Waals surface area contributed by atoms with Gasteiger partial charge in [-0.25, -0.2) is 5.43 Å². The molecule has 0 saturated carbocycles. The van der Waals surface area contributed by atoms with Crippen LogP contribution in [0.3, 0.4) is 0 Å². The number of ether oxygens (including phenoxy) is 3. The zero-order valence-electron chi connectivity index (χ0n) is 17.8. The zero-order chi connectivity index (χ0) is 21.2. The first-order valence-corrected chi connectivity index (χ1v) is 10.0. The summed E-state index contributed by atoms with van der Waals surface area (Å²) < 4.78 is 17.0. The minimum Gasteiger partial charge on any atom is -0.490 e. The van der Waals surface area contributed by atoms with Crippen molar-refractivity contribution in [3.63, 3.8) is 0 Å². The maximum absolute atomic E-state index is 12.8. The maximum Gasteiger partial charge on any atom is 0.271 e. The normalized spacial score (nSPS) is 11.3. The van der Waals surface area contributed by atoms with Crippen molar-refractivity contribution in [3.8, 4) is 17.2 Å². The topological polar surface area (TPSA) is 69.2 Å². The Morgan fingerprint density at radius 3 is 1.93 bits per heavy atom. The predicted octanol–water partition coefficient (Wildman–Crippen LogP) is 4.67. The van der Waals surface area contributed by atoms with Gasteiger partial charge in [0.15, 0.2) is 11.5 Å². The van der Waals surface area contributed by atoms with Crippen molar-refractivity contribution in [2.24, 2.45) is 11.0 Å². The quantitative estimate of drug-likeness (QED) is 0.466. The number of carbonyl (C=O) groups excluding carboxylic acids is 1. The molecule has 0 fully saturated rings. The first-order chi connectivity index (χ1) is 14.0. The molecule has 0 unspecified atom stereocenters. The Hall–Kier alpha value is -3.02. The number of rotatable bonds is 10.